The molecule has 4 nitrogen and oxygen atoms in total. The molecule has 0 heterocycles. The Bertz CT molecular complexity index is 375. The van der Waals surface area contributed by atoms with E-state index in [0.29, 0.717) is 5.96 Å². The Labute approximate surface area is 96.5 Å². The highest BCUT2D eigenvalue weighted by Crippen LogP contribution is 2.18. The van der Waals surface area contributed by atoms with Gasteiger partial charge in [-0.1, -0.05) is 12.1 Å². The first-order valence-corrected chi connectivity index (χ1v) is 5.27. The summed E-state index contributed by atoms with van der Waals surface area (Å²) in [5.41, 5.74) is 7.90. The minimum absolute atomic E-state index is 0.471. The summed E-state index contributed by atoms with van der Waals surface area (Å²) >= 11 is 0. The average molecular weight is 221 g/mol. The molecule has 0 aliphatic rings. The molecule has 4 heteroatoms. The predicted octanol–water partition coefficient (Wildman–Crippen LogP) is 1.08. The number of nitrogens with two attached hydrogens (primary N) is 1. The maximum absolute atomic E-state index is 5.53. The Balaban J connectivity index is 2.54. The van der Waals surface area contributed by atoms with Crippen molar-refractivity contribution in [2.45, 2.75) is 13.3 Å². The van der Waals surface area contributed by atoms with Crippen LogP contribution in [0.4, 0.5) is 0 Å². The van der Waals surface area contributed by atoms with Gasteiger partial charge in [0.25, 0.3) is 0 Å². The lowest BCUT2D eigenvalue weighted by Crippen LogP contribution is -2.32. The van der Waals surface area contributed by atoms with Crippen LogP contribution in [0.1, 0.15) is 11.1 Å². The molecular weight excluding hydrogens is 202 g/mol. The van der Waals surface area contributed by atoms with Gasteiger partial charge in [-0.2, -0.15) is 0 Å². The lowest BCUT2D eigenvalue weighted by molar-refractivity contribution is 0.411. The van der Waals surface area contributed by atoms with Crippen molar-refractivity contribution in [2.24, 2.45) is 10.7 Å². The number of hydrogen-bond donors (Lipinski definition) is 2. The van der Waals surface area contributed by atoms with Crippen LogP contribution < -0.4 is 15.8 Å². The molecule has 0 aromatic heterocycles. The lowest BCUT2D eigenvalue weighted by Gasteiger charge is -2.08. The SMILES string of the molecule is CN=C(N)NCCc1ccc(C)c(OC)c1. The number of benzene rings is 1. The largest absolute Gasteiger partial charge is 0.496 e. The fraction of sp³-hybridized carbons (Fsp3) is 0.417. The van der Waals surface area contributed by atoms with Crippen LogP contribution in [-0.4, -0.2) is 26.7 Å². The second-order valence-corrected chi connectivity index (χ2v) is 3.59. The van der Waals surface area contributed by atoms with Gasteiger partial charge < -0.3 is 15.8 Å². The molecule has 3 N–H and O–H groups in total. The van der Waals surface area contributed by atoms with E-state index in [2.05, 4.69) is 28.5 Å². The first-order chi connectivity index (χ1) is 7.67. The van der Waals surface area contributed by atoms with E-state index >= 15 is 0 Å². The summed E-state index contributed by atoms with van der Waals surface area (Å²) in [5.74, 6) is 1.40. The van der Waals surface area contributed by atoms with Crippen LogP contribution in [0.25, 0.3) is 0 Å². The molecule has 1 rings (SSSR count). The van der Waals surface area contributed by atoms with Gasteiger partial charge in [-0.05, 0) is 30.5 Å². The standard InChI is InChI=1S/C12H19N3O/c1-9-4-5-10(8-11(9)16-3)6-7-15-12(13)14-2/h4-5,8H,6-7H2,1-3H3,(H3,13,14,15). The van der Waals surface area contributed by atoms with Gasteiger partial charge in [-0.3, -0.25) is 4.99 Å². The number of rotatable bonds is 4. The second kappa shape index (κ2) is 6.00. The summed E-state index contributed by atoms with van der Waals surface area (Å²) in [7, 11) is 3.35. The van der Waals surface area contributed by atoms with Crippen molar-refractivity contribution >= 4 is 5.96 Å². The zero-order chi connectivity index (χ0) is 12.0. The molecule has 0 spiro atoms. The van der Waals surface area contributed by atoms with Crippen LogP contribution in [0.3, 0.4) is 0 Å². The van der Waals surface area contributed by atoms with E-state index in [9.17, 15) is 0 Å². The van der Waals surface area contributed by atoms with Gasteiger partial charge in [0.1, 0.15) is 5.75 Å². The number of aliphatic imine (C=N–C) groups is 1. The van der Waals surface area contributed by atoms with E-state index in [0.717, 1.165) is 24.3 Å². The van der Waals surface area contributed by atoms with E-state index in [1.54, 1.807) is 14.2 Å². The van der Waals surface area contributed by atoms with E-state index < -0.39 is 0 Å². The molecule has 0 saturated heterocycles. The summed E-state index contributed by atoms with van der Waals surface area (Å²) in [5, 5.41) is 3.02. The number of aryl methyl sites for hydroxylation is 1. The average Bonchev–Trinajstić information content (AvgIpc) is 2.31. The van der Waals surface area contributed by atoms with Crippen LogP contribution in [-0.2, 0) is 6.42 Å². The number of nitrogens with one attached hydrogen (secondary N) is 1. The molecule has 1 aromatic rings. The van der Waals surface area contributed by atoms with E-state index in [1.165, 1.54) is 5.56 Å². The molecule has 16 heavy (non-hydrogen) atoms. The maximum Gasteiger partial charge on any atom is 0.188 e. The molecule has 1 aromatic carbocycles. The minimum atomic E-state index is 0.471. The molecule has 0 atom stereocenters. The van der Waals surface area contributed by atoms with Crippen molar-refractivity contribution in [2.75, 3.05) is 20.7 Å². The maximum atomic E-state index is 5.53. The van der Waals surface area contributed by atoms with Gasteiger partial charge in [0.05, 0.1) is 7.11 Å². The molecule has 0 bridgehead atoms. The summed E-state index contributed by atoms with van der Waals surface area (Å²) in [6.45, 7) is 2.80. The van der Waals surface area contributed by atoms with Gasteiger partial charge in [-0.25, -0.2) is 0 Å². The van der Waals surface area contributed by atoms with Crippen molar-refractivity contribution in [3.8, 4) is 5.75 Å². The molecule has 0 unspecified atom stereocenters. The predicted molar refractivity (Wildman–Crippen MR) is 67.0 cm³/mol. The molecule has 0 aliphatic carbocycles. The van der Waals surface area contributed by atoms with Crippen LogP contribution in [0, 0.1) is 6.92 Å². The fourth-order valence-corrected chi connectivity index (χ4v) is 1.43. The third-order valence-corrected chi connectivity index (χ3v) is 2.43. The first kappa shape index (κ1) is 12.4. The number of ether oxygens (including phenoxy) is 1. The third kappa shape index (κ3) is 3.46. The van der Waals surface area contributed by atoms with Crippen molar-refractivity contribution in [3.05, 3.63) is 29.3 Å². The number of methoxy groups -OCH3 is 1. The zero-order valence-electron chi connectivity index (χ0n) is 10.1. The van der Waals surface area contributed by atoms with Crippen molar-refractivity contribution in [1.82, 2.24) is 5.32 Å². The van der Waals surface area contributed by atoms with E-state index in [-0.39, 0.29) is 0 Å². The monoisotopic (exact) mass is 221 g/mol. The highest BCUT2D eigenvalue weighted by atomic mass is 16.5. The van der Waals surface area contributed by atoms with Crippen molar-refractivity contribution < 1.29 is 4.74 Å². The summed E-state index contributed by atoms with van der Waals surface area (Å²) < 4.78 is 5.27. The Morgan fingerprint density at radius 2 is 2.25 bits per heavy atom. The second-order valence-electron chi connectivity index (χ2n) is 3.59. The number of guanidine groups is 1. The highest BCUT2D eigenvalue weighted by molar-refractivity contribution is 5.77. The molecule has 88 valence electrons. The first-order valence-electron chi connectivity index (χ1n) is 5.27. The van der Waals surface area contributed by atoms with Gasteiger partial charge >= 0.3 is 0 Å². The topological polar surface area (TPSA) is 59.6 Å². The summed E-state index contributed by atoms with van der Waals surface area (Å²) in [4.78, 5) is 3.83. The van der Waals surface area contributed by atoms with E-state index in [4.69, 9.17) is 10.5 Å². The Hall–Kier alpha value is -1.71. The van der Waals surface area contributed by atoms with Gasteiger partial charge in [0.15, 0.2) is 5.96 Å². The number of hydrogen-bond acceptors (Lipinski definition) is 2. The van der Waals surface area contributed by atoms with E-state index in [1.807, 2.05) is 6.92 Å². The van der Waals surface area contributed by atoms with Crippen molar-refractivity contribution in [1.29, 1.82) is 0 Å². The van der Waals surface area contributed by atoms with Gasteiger partial charge in [0, 0.05) is 13.6 Å². The van der Waals surface area contributed by atoms with Crippen molar-refractivity contribution in [3.63, 3.8) is 0 Å². The molecule has 0 fully saturated rings. The Morgan fingerprint density at radius 1 is 1.50 bits per heavy atom. The number of nitrogens with zero attached hydrogens (tertiary/aromatic N) is 1. The Kier molecular flexibility index (Phi) is 4.64. The summed E-state index contributed by atoms with van der Waals surface area (Å²) in [6, 6.07) is 6.21. The molecule has 0 radical (unpaired) electrons. The highest BCUT2D eigenvalue weighted by Gasteiger charge is 2.00. The van der Waals surface area contributed by atoms with Gasteiger partial charge in [0.2, 0.25) is 0 Å². The van der Waals surface area contributed by atoms with Crippen LogP contribution in [0.2, 0.25) is 0 Å². The zero-order valence-corrected chi connectivity index (χ0v) is 10.1. The quantitative estimate of drug-likeness (QED) is 0.591. The minimum Gasteiger partial charge on any atom is -0.496 e. The normalized spacial score (nSPS) is 11.3. The molecule has 0 saturated carbocycles. The lowest BCUT2D eigenvalue weighted by atomic mass is 10.1. The molecular formula is C12H19N3O. The van der Waals surface area contributed by atoms with Gasteiger partial charge in [-0.15, -0.1) is 0 Å². The van der Waals surface area contributed by atoms with Crippen LogP contribution in [0.15, 0.2) is 23.2 Å². The summed E-state index contributed by atoms with van der Waals surface area (Å²) in [6.07, 6.45) is 0.896. The smallest absolute Gasteiger partial charge is 0.188 e. The third-order valence-electron chi connectivity index (χ3n) is 2.43. The van der Waals surface area contributed by atoms with Crippen LogP contribution >= 0.6 is 0 Å². The van der Waals surface area contributed by atoms with Crippen LogP contribution in [0.5, 0.6) is 5.75 Å². The Morgan fingerprint density at radius 3 is 2.88 bits per heavy atom. The fourth-order valence-electron chi connectivity index (χ4n) is 1.43. The molecule has 0 aliphatic heterocycles. The molecule has 0 amide bonds.